The summed E-state index contributed by atoms with van der Waals surface area (Å²) in [4.78, 5) is 17.3. The van der Waals surface area contributed by atoms with E-state index in [-0.39, 0.29) is 11.8 Å². The van der Waals surface area contributed by atoms with Crippen molar-refractivity contribution >= 4 is 17.2 Å². The number of aromatic nitrogens is 2. The molecule has 0 saturated heterocycles. The number of carbonyl (C=O) groups is 1. The lowest BCUT2D eigenvalue weighted by Gasteiger charge is -2.24. The molecule has 0 radical (unpaired) electrons. The fraction of sp³-hybridized carbons (Fsp3) is 0.167. The second-order valence-corrected chi connectivity index (χ2v) is 7.32. The minimum Gasteiger partial charge on any atom is -0.492 e. The van der Waals surface area contributed by atoms with Gasteiger partial charge in [0, 0.05) is 24.1 Å². The van der Waals surface area contributed by atoms with E-state index < -0.39 is 0 Å². The molecule has 1 aliphatic rings. The van der Waals surface area contributed by atoms with E-state index in [1.54, 1.807) is 0 Å². The van der Waals surface area contributed by atoms with Crippen molar-refractivity contribution in [3.63, 3.8) is 0 Å². The molecule has 0 fully saturated rings. The number of carbonyl (C=O) groups excluding carboxylic acids is 1. The van der Waals surface area contributed by atoms with Crippen LogP contribution >= 0.6 is 0 Å². The normalized spacial score (nSPS) is 15.3. The Kier molecular flexibility index (Phi) is 4.81. The third kappa shape index (κ3) is 3.85. The van der Waals surface area contributed by atoms with Gasteiger partial charge in [-0.15, -0.1) is 0 Å². The topological polar surface area (TPSA) is 64.9 Å². The Morgan fingerprint density at radius 1 is 1.13 bits per heavy atom. The molecule has 150 valence electrons. The summed E-state index contributed by atoms with van der Waals surface area (Å²) in [6, 6.07) is 21.1. The molecule has 1 atom stereocenters. The van der Waals surface area contributed by atoms with Gasteiger partial charge in [0.1, 0.15) is 30.4 Å². The molecule has 30 heavy (non-hydrogen) atoms. The highest BCUT2D eigenvalue weighted by Crippen LogP contribution is 2.28. The van der Waals surface area contributed by atoms with Crippen LogP contribution in [0, 0.1) is 5.92 Å². The maximum Gasteiger partial charge on any atom is 0.231 e. The Hall–Kier alpha value is -3.80. The molecule has 6 nitrogen and oxygen atoms in total. The fourth-order valence-electron chi connectivity index (χ4n) is 3.62. The van der Waals surface area contributed by atoms with E-state index in [9.17, 15) is 4.79 Å². The van der Waals surface area contributed by atoms with Crippen molar-refractivity contribution in [3.8, 4) is 11.5 Å². The van der Waals surface area contributed by atoms with Crippen LogP contribution in [0.25, 0.3) is 5.65 Å². The molecule has 1 N–H and O–H groups in total. The first-order valence-electron chi connectivity index (χ1n) is 9.92. The van der Waals surface area contributed by atoms with Crippen molar-refractivity contribution in [2.75, 3.05) is 11.9 Å². The number of pyridine rings is 1. The van der Waals surface area contributed by atoms with E-state index in [0.717, 1.165) is 22.7 Å². The summed E-state index contributed by atoms with van der Waals surface area (Å²) in [5.74, 6) is 1.27. The molecule has 0 bridgehead atoms. The zero-order valence-electron chi connectivity index (χ0n) is 16.3. The monoisotopic (exact) mass is 399 g/mol. The van der Waals surface area contributed by atoms with Crippen LogP contribution in [0.1, 0.15) is 11.3 Å². The standard InChI is InChI=1S/C24H21N3O3/c28-24(18-12-17-6-1-2-9-22(17)30-15-18)26-19-7-5-8-21(13-19)29-16-20-14-27-11-4-3-10-23(27)25-20/h1-11,13-14,18H,12,15-16H2,(H,26,28). The van der Waals surface area contributed by atoms with Crippen molar-refractivity contribution in [2.45, 2.75) is 13.0 Å². The van der Waals surface area contributed by atoms with Gasteiger partial charge in [0.2, 0.25) is 5.91 Å². The molecule has 2 aromatic heterocycles. The number of benzene rings is 2. The van der Waals surface area contributed by atoms with Crippen LogP contribution in [0.2, 0.25) is 0 Å². The van der Waals surface area contributed by atoms with Crippen LogP contribution in [-0.2, 0) is 17.8 Å². The van der Waals surface area contributed by atoms with Gasteiger partial charge in [-0.2, -0.15) is 0 Å². The number of hydrogen-bond donors (Lipinski definition) is 1. The van der Waals surface area contributed by atoms with Crippen molar-refractivity contribution in [3.05, 3.63) is 90.4 Å². The molecule has 6 heteroatoms. The largest absolute Gasteiger partial charge is 0.492 e. The summed E-state index contributed by atoms with van der Waals surface area (Å²) in [5, 5.41) is 2.98. The van der Waals surface area contributed by atoms with Crippen LogP contribution in [0.4, 0.5) is 5.69 Å². The molecule has 1 amide bonds. The molecule has 4 aromatic rings. The van der Waals surface area contributed by atoms with Crippen LogP contribution in [0.15, 0.2) is 79.1 Å². The highest BCUT2D eigenvalue weighted by molar-refractivity contribution is 5.93. The maximum absolute atomic E-state index is 12.7. The molecule has 5 rings (SSSR count). The molecular weight excluding hydrogens is 378 g/mol. The third-order valence-electron chi connectivity index (χ3n) is 5.15. The Balaban J connectivity index is 1.22. The van der Waals surface area contributed by atoms with Crippen molar-refractivity contribution in [1.29, 1.82) is 0 Å². The summed E-state index contributed by atoms with van der Waals surface area (Å²) >= 11 is 0. The zero-order valence-corrected chi connectivity index (χ0v) is 16.3. The van der Waals surface area contributed by atoms with E-state index in [0.29, 0.717) is 31.1 Å². The summed E-state index contributed by atoms with van der Waals surface area (Å²) in [6.45, 7) is 0.735. The lowest BCUT2D eigenvalue weighted by molar-refractivity contribution is -0.121. The number of para-hydroxylation sites is 1. The van der Waals surface area contributed by atoms with Gasteiger partial charge in [-0.3, -0.25) is 4.79 Å². The third-order valence-corrected chi connectivity index (χ3v) is 5.15. The van der Waals surface area contributed by atoms with Crippen molar-refractivity contribution < 1.29 is 14.3 Å². The lowest BCUT2D eigenvalue weighted by atomic mass is 9.96. The quantitative estimate of drug-likeness (QED) is 0.549. The van der Waals surface area contributed by atoms with E-state index >= 15 is 0 Å². The summed E-state index contributed by atoms with van der Waals surface area (Å²) < 4.78 is 13.6. The Labute approximate surface area is 174 Å². The maximum atomic E-state index is 12.7. The Bertz CT molecular complexity index is 1170. The van der Waals surface area contributed by atoms with Crippen molar-refractivity contribution in [1.82, 2.24) is 9.38 Å². The first kappa shape index (κ1) is 18.2. The van der Waals surface area contributed by atoms with Crippen LogP contribution in [-0.4, -0.2) is 21.9 Å². The van der Waals surface area contributed by atoms with Crippen molar-refractivity contribution in [2.24, 2.45) is 5.92 Å². The highest BCUT2D eigenvalue weighted by Gasteiger charge is 2.25. The average molecular weight is 399 g/mol. The van der Waals surface area contributed by atoms with Gasteiger partial charge in [0.05, 0.1) is 11.6 Å². The summed E-state index contributed by atoms with van der Waals surface area (Å²) in [5.41, 5.74) is 3.49. The second kappa shape index (κ2) is 7.91. The number of imidazole rings is 1. The summed E-state index contributed by atoms with van der Waals surface area (Å²) in [6.07, 6.45) is 4.57. The number of nitrogens with zero attached hydrogens (tertiary/aromatic N) is 2. The van der Waals surface area contributed by atoms with E-state index in [4.69, 9.17) is 9.47 Å². The highest BCUT2D eigenvalue weighted by atomic mass is 16.5. The van der Waals surface area contributed by atoms with Crippen LogP contribution in [0.5, 0.6) is 11.5 Å². The molecular formula is C24H21N3O3. The number of nitrogens with one attached hydrogen (secondary N) is 1. The number of amides is 1. The lowest BCUT2D eigenvalue weighted by Crippen LogP contribution is -2.32. The number of anilines is 1. The van der Waals surface area contributed by atoms with Gasteiger partial charge >= 0.3 is 0 Å². The molecule has 1 aliphatic heterocycles. The van der Waals surface area contributed by atoms with Gasteiger partial charge in [0.25, 0.3) is 0 Å². The minimum absolute atomic E-state index is 0.0537. The van der Waals surface area contributed by atoms with E-state index in [1.165, 1.54) is 0 Å². The first-order chi connectivity index (χ1) is 14.7. The number of hydrogen-bond acceptors (Lipinski definition) is 4. The fourth-order valence-corrected chi connectivity index (χ4v) is 3.62. The number of ether oxygens (including phenoxy) is 2. The first-order valence-corrected chi connectivity index (χ1v) is 9.92. The molecule has 0 saturated carbocycles. The zero-order chi connectivity index (χ0) is 20.3. The van der Waals surface area contributed by atoms with Crippen LogP contribution in [0.3, 0.4) is 0 Å². The van der Waals surface area contributed by atoms with Crippen LogP contribution < -0.4 is 14.8 Å². The molecule has 2 aromatic carbocycles. The van der Waals surface area contributed by atoms with Gasteiger partial charge in [-0.1, -0.05) is 30.3 Å². The number of fused-ring (bicyclic) bond motifs is 2. The van der Waals surface area contributed by atoms with E-state index in [2.05, 4.69) is 10.3 Å². The SMILES string of the molecule is O=C(Nc1cccc(OCc2cn3ccccc3n2)c1)C1COc2ccccc2C1. The molecule has 3 heterocycles. The van der Waals surface area contributed by atoms with Gasteiger partial charge in [-0.05, 0) is 42.3 Å². The predicted octanol–water partition coefficient (Wildman–Crippen LogP) is 4.10. The summed E-state index contributed by atoms with van der Waals surface area (Å²) in [7, 11) is 0. The Morgan fingerprint density at radius 3 is 2.97 bits per heavy atom. The van der Waals surface area contributed by atoms with E-state index in [1.807, 2.05) is 83.5 Å². The molecule has 0 spiro atoms. The average Bonchev–Trinajstić information content (AvgIpc) is 3.21. The smallest absolute Gasteiger partial charge is 0.231 e. The predicted molar refractivity (Wildman–Crippen MR) is 114 cm³/mol. The molecule has 0 aliphatic carbocycles. The van der Waals surface area contributed by atoms with Gasteiger partial charge < -0.3 is 19.2 Å². The number of rotatable bonds is 5. The Morgan fingerprint density at radius 2 is 2.03 bits per heavy atom. The van der Waals surface area contributed by atoms with Gasteiger partial charge in [-0.25, -0.2) is 4.98 Å². The second-order valence-electron chi connectivity index (χ2n) is 7.32. The minimum atomic E-state index is -0.220. The molecule has 1 unspecified atom stereocenters. The van der Waals surface area contributed by atoms with Gasteiger partial charge in [0.15, 0.2) is 0 Å².